The topological polar surface area (TPSA) is 86.9 Å². The summed E-state index contributed by atoms with van der Waals surface area (Å²) in [5.41, 5.74) is 3.61. The van der Waals surface area contributed by atoms with Crippen molar-refractivity contribution in [2.45, 2.75) is 19.3 Å². The van der Waals surface area contributed by atoms with Crippen LogP contribution in [0.4, 0.5) is 11.4 Å². The van der Waals surface area contributed by atoms with E-state index in [0.717, 1.165) is 29.9 Å². The first kappa shape index (κ1) is 13.9. The lowest BCUT2D eigenvalue weighted by atomic mass is 9.88. The molecule has 112 valence electrons. The SMILES string of the molecule is CCS(=O)(=O)Nc1cccc2c1NCCC2c1cnc[nH]1. The Morgan fingerprint density at radius 3 is 3.00 bits per heavy atom. The zero-order valence-corrected chi connectivity index (χ0v) is 12.6. The predicted molar refractivity (Wildman–Crippen MR) is 83.1 cm³/mol. The quantitative estimate of drug-likeness (QED) is 0.807. The number of H-pyrrole nitrogens is 1. The van der Waals surface area contributed by atoms with E-state index in [4.69, 9.17) is 0 Å². The fraction of sp³-hybridized carbons (Fsp3) is 0.357. The molecule has 0 bridgehead atoms. The van der Waals surface area contributed by atoms with Crippen LogP contribution in [0, 0.1) is 0 Å². The number of imidazole rings is 1. The smallest absolute Gasteiger partial charge is 0.232 e. The molecule has 0 aliphatic carbocycles. The maximum atomic E-state index is 11.8. The van der Waals surface area contributed by atoms with Gasteiger partial charge in [0.15, 0.2) is 0 Å². The monoisotopic (exact) mass is 306 g/mol. The number of para-hydroxylation sites is 1. The normalized spacial score (nSPS) is 17.9. The summed E-state index contributed by atoms with van der Waals surface area (Å²) in [6.07, 6.45) is 4.43. The molecule has 6 nitrogen and oxygen atoms in total. The minimum Gasteiger partial charge on any atom is -0.383 e. The summed E-state index contributed by atoms with van der Waals surface area (Å²) in [5, 5.41) is 3.31. The minimum atomic E-state index is -3.29. The first-order chi connectivity index (χ1) is 10.1. The molecule has 1 aromatic heterocycles. The molecule has 1 aromatic carbocycles. The van der Waals surface area contributed by atoms with Gasteiger partial charge in [-0.1, -0.05) is 12.1 Å². The van der Waals surface area contributed by atoms with Gasteiger partial charge in [-0.15, -0.1) is 0 Å². The Kier molecular flexibility index (Phi) is 3.59. The molecule has 0 saturated carbocycles. The Labute approximate surface area is 124 Å². The first-order valence-corrected chi connectivity index (χ1v) is 8.61. The van der Waals surface area contributed by atoms with Crippen molar-refractivity contribution in [3.05, 3.63) is 42.0 Å². The lowest BCUT2D eigenvalue weighted by Gasteiger charge is -2.28. The Morgan fingerprint density at radius 1 is 1.43 bits per heavy atom. The number of aromatic amines is 1. The van der Waals surface area contributed by atoms with E-state index < -0.39 is 10.0 Å². The highest BCUT2D eigenvalue weighted by molar-refractivity contribution is 7.92. The number of hydrogen-bond acceptors (Lipinski definition) is 4. The molecule has 0 radical (unpaired) electrons. The average molecular weight is 306 g/mol. The molecule has 0 saturated heterocycles. The van der Waals surface area contributed by atoms with Gasteiger partial charge < -0.3 is 10.3 Å². The van der Waals surface area contributed by atoms with Crippen molar-refractivity contribution in [3.63, 3.8) is 0 Å². The standard InChI is InChI=1S/C14H18N4O2S/c1-2-21(19,20)18-12-5-3-4-11-10(6-7-16-14(11)12)13-8-15-9-17-13/h3-5,8-10,16,18H,2,6-7H2,1H3,(H,15,17). The summed E-state index contributed by atoms with van der Waals surface area (Å²) >= 11 is 0. The average Bonchev–Trinajstić information content (AvgIpc) is 3.01. The van der Waals surface area contributed by atoms with Gasteiger partial charge in [0.05, 0.1) is 23.5 Å². The molecule has 3 N–H and O–H groups in total. The van der Waals surface area contributed by atoms with Crippen molar-refractivity contribution in [3.8, 4) is 0 Å². The molecule has 3 rings (SSSR count). The van der Waals surface area contributed by atoms with E-state index in [1.54, 1.807) is 19.3 Å². The summed E-state index contributed by atoms with van der Waals surface area (Å²) < 4.78 is 26.3. The highest BCUT2D eigenvalue weighted by Gasteiger charge is 2.25. The zero-order chi connectivity index (χ0) is 14.9. The molecular formula is C14H18N4O2S. The van der Waals surface area contributed by atoms with E-state index in [9.17, 15) is 8.42 Å². The van der Waals surface area contributed by atoms with Crippen LogP contribution in [0.3, 0.4) is 0 Å². The fourth-order valence-electron chi connectivity index (χ4n) is 2.66. The molecule has 0 amide bonds. The van der Waals surface area contributed by atoms with Crippen LogP contribution in [0.5, 0.6) is 0 Å². The lowest BCUT2D eigenvalue weighted by molar-refractivity contribution is 0.602. The fourth-order valence-corrected chi connectivity index (χ4v) is 3.31. The van der Waals surface area contributed by atoms with E-state index in [0.29, 0.717) is 5.69 Å². The molecule has 7 heteroatoms. The number of rotatable bonds is 4. The first-order valence-electron chi connectivity index (χ1n) is 6.96. The van der Waals surface area contributed by atoms with Crippen molar-refractivity contribution in [2.24, 2.45) is 0 Å². The maximum Gasteiger partial charge on any atom is 0.232 e. The number of hydrogen-bond donors (Lipinski definition) is 3. The van der Waals surface area contributed by atoms with Crippen LogP contribution < -0.4 is 10.0 Å². The highest BCUT2D eigenvalue weighted by atomic mass is 32.2. The van der Waals surface area contributed by atoms with Crippen LogP contribution in [0.25, 0.3) is 0 Å². The Balaban J connectivity index is 2.02. The number of fused-ring (bicyclic) bond motifs is 1. The third-order valence-corrected chi connectivity index (χ3v) is 5.04. The molecular weight excluding hydrogens is 288 g/mol. The van der Waals surface area contributed by atoms with Crippen molar-refractivity contribution in [1.82, 2.24) is 9.97 Å². The summed E-state index contributed by atoms with van der Waals surface area (Å²) in [4.78, 5) is 7.23. The van der Waals surface area contributed by atoms with Gasteiger partial charge in [0.1, 0.15) is 0 Å². The van der Waals surface area contributed by atoms with E-state index in [-0.39, 0.29) is 11.7 Å². The van der Waals surface area contributed by atoms with Gasteiger partial charge in [0, 0.05) is 24.4 Å². The van der Waals surface area contributed by atoms with Crippen LogP contribution in [-0.4, -0.2) is 30.7 Å². The lowest BCUT2D eigenvalue weighted by Crippen LogP contribution is -2.21. The van der Waals surface area contributed by atoms with Crippen LogP contribution >= 0.6 is 0 Å². The van der Waals surface area contributed by atoms with Gasteiger partial charge in [-0.05, 0) is 25.0 Å². The molecule has 1 atom stereocenters. The van der Waals surface area contributed by atoms with Gasteiger partial charge in [0.25, 0.3) is 0 Å². The van der Waals surface area contributed by atoms with Gasteiger partial charge in [-0.3, -0.25) is 4.72 Å². The molecule has 1 unspecified atom stereocenters. The number of benzene rings is 1. The van der Waals surface area contributed by atoms with Crippen LogP contribution in [-0.2, 0) is 10.0 Å². The molecule has 2 heterocycles. The van der Waals surface area contributed by atoms with Crippen molar-refractivity contribution < 1.29 is 8.42 Å². The van der Waals surface area contributed by atoms with Crippen LogP contribution in [0.15, 0.2) is 30.7 Å². The predicted octanol–water partition coefficient (Wildman–Crippen LogP) is 2.12. The van der Waals surface area contributed by atoms with Crippen LogP contribution in [0.1, 0.15) is 30.5 Å². The molecule has 0 fully saturated rings. The second kappa shape index (κ2) is 5.40. The van der Waals surface area contributed by atoms with E-state index in [1.165, 1.54) is 0 Å². The molecule has 0 spiro atoms. The van der Waals surface area contributed by atoms with Gasteiger partial charge in [0.2, 0.25) is 10.0 Å². The van der Waals surface area contributed by atoms with E-state index in [2.05, 4.69) is 20.0 Å². The summed E-state index contributed by atoms with van der Waals surface area (Å²) in [5.74, 6) is 0.260. The molecule has 21 heavy (non-hydrogen) atoms. The van der Waals surface area contributed by atoms with Gasteiger partial charge in [-0.2, -0.15) is 0 Å². The van der Waals surface area contributed by atoms with Crippen molar-refractivity contribution >= 4 is 21.4 Å². The van der Waals surface area contributed by atoms with Crippen molar-refractivity contribution in [1.29, 1.82) is 0 Å². The second-order valence-corrected chi connectivity index (χ2v) is 7.06. The Morgan fingerprint density at radius 2 is 2.29 bits per heavy atom. The number of sulfonamides is 1. The third kappa shape index (κ3) is 2.73. The highest BCUT2D eigenvalue weighted by Crippen LogP contribution is 2.39. The number of nitrogens with one attached hydrogen (secondary N) is 3. The van der Waals surface area contributed by atoms with Crippen LogP contribution in [0.2, 0.25) is 0 Å². The number of nitrogens with zero attached hydrogens (tertiary/aromatic N) is 1. The summed E-state index contributed by atoms with van der Waals surface area (Å²) in [6, 6.07) is 5.69. The molecule has 1 aliphatic heterocycles. The van der Waals surface area contributed by atoms with E-state index in [1.807, 2.05) is 18.3 Å². The summed E-state index contributed by atoms with van der Waals surface area (Å²) in [6.45, 7) is 2.42. The summed E-state index contributed by atoms with van der Waals surface area (Å²) in [7, 11) is -3.29. The zero-order valence-electron chi connectivity index (χ0n) is 11.8. The Hall–Kier alpha value is -2.02. The Bertz CT molecular complexity index is 725. The number of aromatic nitrogens is 2. The minimum absolute atomic E-state index is 0.0562. The third-order valence-electron chi connectivity index (χ3n) is 3.75. The van der Waals surface area contributed by atoms with Crippen molar-refractivity contribution in [2.75, 3.05) is 22.3 Å². The molecule has 2 aromatic rings. The number of anilines is 2. The molecule has 1 aliphatic rings. The maximum absolute atomic E-state index is 11.8. The van der Waals surface area contributed by atoms with Gasteiger partial charge >= 0.3 is 0 Å². The second-order valence-electron chi connectivity index (χ2n) is 5.05. The largest absolute Gasteiger partial charge is 0.383 e. The van der Waals surface area contributed by atoms with E-state index >= 15 is 0 Å². The van der Waals surface area contributed by atoms with Gasteiger partial charge in [-0.25, -0.2) is 13.4 Å².